The second-order valence-corrected chi connectivity index (χ2v) is 4.83. The Kier molecular flexibility index (Phi) is 4.33. The summed E-state index contributed by atoms with van der Waals surface area (Å²) >= 11 is 0. The fraction of sp³-hybridized carbons (Fsp3) is 0.917. The molecule has 0 heterocycles. The Morgan fingerprint density at radius 1 is 1.50 bits per heavy atom. The van der Waals surface area contributed by atoms with E-state index in [-0.39, 0.29) is 18.0 Å². The quantitative estimate of drug-likeness (QED) is 0.725. The average Bonchev–Trinajstić information content (AvgIpc) is 2.15. The predicted octanol–water partition coefficient (Wildman–Crippen LogP) is 1.36. The van der Waals surface area contributed by atoms with Crippen LogP contribution in [0.3, 0.4) is 0 Å². The van der Waals surface area contributed by atoms with Gasteiger partial charge < -0.3 is 14.6 Å². The molecule has 0 aromatic heterocycles. The molecule has 4 heteroatoms. The molecule has 1 fully saturated rings. The van der Waals surface area contributed by atoms with E-state index < -0.39 is 11.5 Å². The van der Waals surface area contributed by atoms with Gasteiger partial charge in [0.05, 0.1) is 24.7 Å². The van der Waals surface area contributed by atoms with Gasteiger partial charge in [0, 0.05) is 19.4 Å². The van der Waals surface area contributed by atoms with Gasteiger partial charge in [0.1, 0.15) is 0 Å². The summed E-state index contributed by atoms with van der Waals surface area (Å²) in [4.78, 5) is 11.6. The van der Waals surface area contributed by atoms with E-state index in [1.165, 1.54) is 7.11 Å². The van der Waals surface area contributed by atoms with Crippen LogP contribution in [-0.2, 0) is 14.3 Å². The molecule has 0 bridgehead atoms. The van der Waals surface area contributed by atoms with E-state index >= 15 is 0 Å². The molecule has 0 saturated heterocycles. The molecule has 1 aliphatic rings. The normalized spacial score (nSPS) is 31.0. The molecule has 94 valence electrons. The molecule has 1 rings (SSSR count). The van der Waals surface area contributed by atoms with Gasteiger partial charge in [-0.1, -0.05) is 13.8 Å². The van der Waals surface area contributed by atoms with Crippen molar-refractivity contribution in [2.45, 2.75) is 45.3 Å². The maximum atomic E-state index is 11.6. The summed E-state index contributed by atoms with van der Waals surface area (Å²) in [5.74, 6) is -0.707. The fourth-order valence-corrected chi connectivity index (χ4v) is 2.58. The molecule has 0 aliphatic heterocycles. The first-order chi connectivity index (χ1) is 7.44. The number of carbonyl (C=O) groups is 1. The van der Waals surface area contributed by atoms with E-state index in [0.717, 1.165) is 0 Å². The molecule has 0 amide bonds. The van der Waals surface area contributed by atoms with Gasteiger partial charge >= 0.3 is 5.97 Å². The van der Waals surface area contributed by atoms with Crippen molar-refractivity contribution in [1.82, 2.24) is 0 Å². The Morgan fingerprint density at radius 2 is 2.06 bits per heavy atom. The third kappa shape index (κ3) is 2.55. The van der Waals surface area contributed by atoms with E-state index in [2.05, 4.69) is 0 Å². The second kappa shape index (κ2) is 5.15. The number of ether oxygens (including phenoxy) is 2. The van der Waals surface area contributed by atoms with Gasteiger partial charge in [-0.3, -0.25) is 4.79 Å². The van der Waals surface area contributed by atoms with Crippen LogP contribution in [-0.4, -0.2) is 36.5 Å². The van der Waals surface area contributed by atoms with Crippen LogP contribution in [0.1, 0.15) is 33.6 Å². The van der Waals surface area contributed by atoms with Crippen molar-refractivity contribution < 1.29 is 19.4 Å². The summed E-state index contributed by atoms with van der Waals surface area (Å²) in [6.07, 6.45) is 1.14. The van der Waals surface area contributed by atoms with E-state index in [1.807, 2.05) is 20.8 Å². The Balaban J connectivity index is 2.63. The molecule has 0 spiro atoms. The molecule has 1 atom stereocenters. The summed E-state index contributed by atoms with van der Waals surface area (Å²) in [5, 5.41) is 10.4. The number of methoxy groups -OCH3 is 1. The highest BCUT2D eigenvalue weighted by molar-refractivity contribution is 5.74. The number of esters is 1. The van der Waals surface area contributed by atoms with E-state index in [4.69, 9.17) is 9.47 Å². The zero-order valence-corrected chi connectivity index (χ0v) is 10.5. The fourth-order valence-electron chi connectivity index (χ4n) is 2.58. The number of hydrogen-bond donors (Lipinski definition) is 1. The minimum absolute atomic E-state index is 0.0695. The molecule has 16 heavy (non-hydrogen) atoms. The molecule has 1 unspecified atom stereocenters. The number of hydrogen-bond acceptors (Lipinski definition) is 4. The lowest BCUT2D eigenvalue weighted by Crippen LogP contribution is -2.57. The maximum Gasteiger partial charge on any atom is 0.311 e. The minimum Gasteiger partial charge on any atom is -0.469 e. The molecule has 0 radical (unpaired) electrons. The Labute approximate surface area is 96.9 Å². The predicted molar refractivity (Wildman–Crippen MR) is 59.9 cm³/mol. The SMILES string of the molecule is CCOC1CC(O)(C(C(=O)OC)C(C)C)C1. The molecule has 4 nitrogen and oxygen atoms in total. The first-order valence-electron chi connectivity index (χ1n) is 5.86. The molecule has 1 saturated carbocycles. The number of aliphatic hydroxyl groups is 1. The highest BCUT2D eigenvalue weighted by Crippen LogP contribution is 2.43. The van der Waals surface area contributed by atoms with Crippen LogP contribution in [0.15, 0.2) is 0 Å². The summed E-state index contributed by atoms with van der Waals surface area (Å²) in [7, 11) is 1.36. The van der Waals surface area contributed by atoms with Crippen molar-refractivity contribution in [1.29, 1.82) is 0 Å². The molecular formula is C12H22O4. The molecular weight excluding hydrogens is 208 g/mol. The lowest BCUT2D eigenvalue weighted by atomic mass is 9.65. The van der Waals surface area contributed by atoms with Crippen molar-refractivity contribution in [3.8, 4) is 0 Å². The van der Waals surface area contributed by atoms with Crippen LogP contribution < -0.4 is 0 Å². The molecule has 1 N–H and O–H groups in total. The first-order valence-corrected chi connectivity index (χ1v) is 5.86. The summed E-state index contributed by atoms with van der Waals surface area (Å²) in [6, 6.07) is 0. The average molecular weight is 230 g/mol. The Morgan fingerprint density at radius 3 is 2.44 bits per heavy atom. The van der Waals surface area contributed by atoms with Gasteiger partial charge in [-0.15, -0.1) is 0 Å². The van der Waals surface area contributed by atoms with Crippen LogP contribution in [0.5, 0.6) is 0 Å². The standard InChI is InChI=1S/C12H22O4/c1-5-16-9-6-12(14,7-9)10(8(2)3)11(13)15-4/h8-10,14H,5-7H2,1-4H3. The summed E-state index contributed by atoms with van der Waals surface area (Å²) in [5.41, 5.74) is -0.943. The molecule has 0 aromatic rings. The van der Waals surface area contributed by atoms with Gasteiger partial charge in [0.15, 0.2) is 0 Å². The Bertz CT molecular complexity index is 243. The third-order valence-corrected chi connectivity index (χ3v) is 3.27. The van der Waals surface area contributed by atoms with Gasteiger partial charge in [0.2, 0.25) is 0 Å². The topological polar surface area (TPSA) is 55.8 Å². The first kappa shape index (κ1) is 13.5. The van der Waals surface area contributed by atoms with Crippen LogP contribution in [0.4, 0.5) is 0 Å². The van der Waals surface area contributed by atoms with Crippen molar-refractivity contribution in [2.75, 3.05) is 13.7 Å². The van der Waals surface area contributed by atoms with Gasteiger partial charge in [-0.05, 0) is 12.8 Å². The van der Waals surface area contributed by atoms with Crippen molar-refractivity contribution in [2.24, 2.45) is 11.8 Å². The zero-order valence-electron chi connectivity index (χ0n) is 10.5. The van der Waals surface area contributed by atoms with Crippen molar-refractivity contribution >= 4 is 5.97 Å². The van der Waals surface area contributed by atoms with E-state index in [9.17, 15) is 9.90 Å². The van der Waals surface area contributed by atoms with Crippen LogP contribution in [0.25, 0.3) is 0 Å². The maximum absolute atomic E-state index is 11.6. The summed E-state index contributed by atoms with van der Waals surface area (Å²) < 4.78 is 10.2. The largest absolute Gasteiger partial charge is 0.469 e. The highest BCUT2D eigenvalue weighted by Gasteiger charge is 2.53. The third-order valence-electron chi connectivity index (χ3n) is 3.27. The Hall–Kier alpha value is -0.610. The van der Waals surface area contributed by atoms with Crippen LogP contribution in [0.2, 0.25) is 0 Å². The van der Waals surface area contributed by atoms with Crippen molar-refractivity contribution in [3.05, 3.63) is 0 Å². The van der Waals surface area contributed by atoms with E-state index in [0.29, 0.717) is 19.4 Å². The number of rotatable bonds is 5. The second-order valence-electron chi connectivity index (χ2n) is 4.83. The van der Waals surface area contributed by atoms with Crippen molar-refractivity contribution in [3.63, 3.8) is 0 Å². The van der Waals surface area contributed by atoms with Gasteiger partial charge in [-0.2, -0.15) is 0 Å². The zero-order chi connectivity index (χ0) is 12.3. The lowest BCUT2D eigenvalue weighted by molar-refractivity contribution is -0.193. The van der Waals surface area contributed by atoms with Gasteiger partial charge in [0.25, 0.3) is 0 Å². The van der Waals surface area contributed by atoms with Crippen LogP contribution in [0, 0.1) is 11.8 Å². The van der Waals surface area contributed by atoms with Crippen LogP contribution >= 0.6 is 0 Å². The lowest BCUT2D eigenvalue weighted by Gasteiger charge is -2.48. The van der Waals surface area contributed by atoms with Gasteiger partial charge in [-0.25, -0.2) is 0 Å². The smallest absolute Gasteiger partial charge is 0.311 e. The van der Waals surface area contributed by atoms with E-state index in [1.54, 1.807) is 0 Å². The highest BCUT2D eigenvalue weighted by atomic mass is 16.5. The molecule has 1 aliphatic carbocycles. The monoisotopic (exact) mass is 230 g/mol. The number of carbonyl (C=O) groups excluding carboxylic acids is 1. The summed E-state index contributed by atoms with van der Waals surface area (Å²) in [6.45, 7) is 6.42. The minimum atomic E-state index is -0.943. The molecule has 0 aromatic carbocycles.